The minimum atomic E-state index is -0.630. The number of hydrogen-bond donors (Lipinski definition) is 1. The Morgan fingerprint density at radius 1 is 1.38 bits per heavy atom. The predicted molar refractivity (Wildman–Crippen MR) is 53.9 cm³/mol. The van der Waals surface area contributed by atoms with Crippen LogP contribution < -0.4 is 0 Å². The number of hydrogen-bond acceptors (Lipinski definition) is 1. The summed E-state index contributed by atoms with van der Waals surface area (Å²) in [5.74, 6) is -0.630. The number of carboxylic acids is 1. The van der Waals surface area contributed by atoms with Gasteiger partial charge in [-0.05, 0) is 23.7 Å². The fraction of sp³-hybridized carbons (Fsp3) is 0.900. The summed E-state index contributed by atoms with van der Waals surface area (Å²) in [5.41, 5.74) is -0.410. The Kier molecular flexibility index (Phi) is 1.56. The third-order valence-electron chi connectivity index (χ3n) is 4.96. The summed E-state index contributed by atoms with van der Waals surface area (Å²) < 4.78 is 0. The summed E-state index contributed by atoms with van der Waals surface area (Å²) in [6.07, 6.45) is 1.85. The first kappa shape index (κ1) is 9.50. The van der Waals surface area contributed by atoms with E-state index in [1.165, 1.54) is 0 Å². The van der Waals surface area contributed by atoms with E-state index in [2.05, 4.69) is 36.7 Å². The zero-order valence-electron chi connectivity index (χ0n) is 8.22. The van der Waals surface area contributed by atoms with Gasteiger partial charge in [0.1, 0.15) is 0 Å². The fourth-order valence-corrected chi connectivity index (χ4v) is 5.23. The van der Waals surface area contributed by atoms with Crippen molar-refractivity contribution in [3.8, 4) is 0 Å². The van der Waals surface area contributed by atoms with E-state index in [0.29, 0.717) is 0 Å². The van der Waals surface area contributed by atoms with Crippen LogP contribution in [0.5, 0.6) is 0 Å². The molecule has 74 valence electrons. The lowest BCUT2D eigenvalue weighted by Gasteiger charge is -2.63. The van der Waals surface area contributed by atoms with Gasteiger partial charge in [-0.3, -0.25) is 4.79 Å². The summed E-state index contributed by atoms with van der Waals surface area (Å²) in [4.78, 5) is 11.5. The lowest BCUT2D eigenvalue weighted by Crippen LogP contribution is -2.67. The predicted octanol–water partition coefficient (Wildman–Crippen LogP) is 2.66. The molecule has 3 atom stereocenters. The zero-order chi connectivity index (χ0) is 10.1. The van der Waals surface area contributed by atoms with Crippen molar-refractivity contribution < 1.29 is 9.90 Å². The third kappa shape index (κ3) is 0.641. The van der Waals surface area contributed by atoms with E-state index in [1.54, 1.807) is 0 Å². The van der Waals surface area contributed by atoms with Gasteiger partial charge in [0.2, 0.25) is 0 Å². The molecular formula is C10H15BrO2. The fourth-order valence-electron chi connectivity index (χ4n) is 3.43. The highest BCUT2D eigenvalue weighted by Crippen LogP contribution is 2.79. The monoisotopic (exact) mass is 246 g/mol. The van der Waals surface area contributed by atoms with E-state index in [1.807, 2.05) is 0 Å². The molecule has 0 aromatic rings. The molecule has 3 heteroatoms. The van der Waals surface area contributed by atoms with Gasteiger partial charge in [0.05, 0.1) is 5.41 Å². The van der Waals surface area contributed by atoms with Crippen molar-refractivity contribution in [1.29, 1.82) is 0 Å². The zero-order valence-corrected chi connectivity index (χ0v) is 9.81. The van der Waals surface area contributed by atoms with Crippen molar-refractivity contribution in [2.24, 2.45) is 16.2 Å². The van der Waals surface area contributed by atoms with E-state index >= 15 is 0 Å². The Morgan fingerprint density at radius 2 is 1.92 bits per heavy atom. The summed E-state index contributed by atoms with van der Waals surface area (Å²) in [7, 11) is 0. The molecule has 1 N–H and O–H groups in total. The highest BCUT2D eigenvalue weighted by molar-refractivity contribution is 9.09. The van der Waals surface area contributed by atoms with Crippen molar-refractivity contribution in [2.75, 3.05) is 0 Å². The normalized spacial score (nSPS) is 51.5. The smallest absolute Gasteiger partial charge is 0.311 e. The quantitative estimate of drug-likeness (QED) is 0.723. The number of halogens is 1. The molecule has 0 aromatic heterocycles. The first-order valence-electron chi connectivity index (χ1n) is 4.68. The Balaban J connectivity index is 2.50. The Hall–Kier alpha value is -0.0500. The summed E-state index contributed by atoms with van der Waals surface area (Å²) >= 11 is 3.56. The molecule has 0 saturated heterocycles. The van der Waals surface area contributed by atoms with Crippen LogP contribution in [0.2, 0.25) is 0 Å². The maximum atomic E-state index is 11.3. The van der Waals surface area contributed by atoms with E-state index < -0.39 is 11.4 Å². The second-order valence-corrected chi connectivity index (χ2v) is 6.10. The summed E-state index contributed by atoms with van der Waals surface area (Å²) in [5, 5.41) is 9.30. The van der Waals surface area contributed by atoms with Gasteiger partial charge in [0.15, 0.2) is 0 Å². The van der Waals surface area contributed by atoms with Crippen molar-refractivity contribution in [3.63, 3.8) is 0 Å². The van der Waals surface area contributed by atoms with Crippen LogP contribution >= 0.6 is 15.9 Å². The second kappa shape index (κ2) is 2.13. The maximum Gasteiger partial charge on any atom is 0.311 e. The molecule has 2 bridgehead atoms. The highest BCUT2D eigenvalue weighted by atomic mass is 79.9. The molecule has 3 aliphatic carbocycles. The molecule has 0 aliphatic heterocycles. The Bertz CT molecular complexity index is 287. The molecule has 3 aliphatic rings. The third-order valence-corrected chi connectivity index (χ3v) is 6.75. The standard InChI is InChI=1S/C10H15BrO2/c1-8(2)9(3)4-5-10(8,6(9)11)7(12)13/h6H,4-5H2,1-3H3,(H,12,13)/t6-,9+,10+/m1/s1. The second-order valence-electron chi connectivity index (χ2n) is 5.18. The van der Waals surface area contributed by atoms with Crippen LogP contribution in [-0.2, 0) is 4.79 Å². The van der Waals surface area contributed by atoms with Gasteiger partial charge in [-0.15, -0.1) is 0 Å². The number of rotatable bonds is 1. The molecule has 0 spiro atoms. The number of fused-ring (bicyclic) bond motifs is 1. The number of aliphatic carboxylic acids is 1. The van der Waals surface area contributed by atoms with E-state index in [0.717, 1.165) is 12.8 Å². The largest absolute Gasteiger partial charge is 0.481 e. The van der Waals surface area contributed by atoms with Gasteiger partial charge in [-0.1, -0.05) is 36.7 Å². The molecule has 0 radical (unpaired) electrons. The lowest BCUT2D eigenvalue weighted by atomic mass is 9.44. The number of carboxylic acid groups (broad SMARTS) is 1. The maximum absolute atomic E-state index is 11.3. The average Bonchev–Trinajstić information content (AvgIpc) is 2.39. The molecule has 0 unspecified atom stereocenters. The van der Waals surface area contributed by atoms with Crippen molar-refractivity contribution in [1.82, 2.24) is 0 Å². The highest BCUT2D eigenvalue weighted by Gasteiger charge is 2.80. The lowest BCUT2D eigenvalue weighted by molar-refractivity contribution is -0.179. The van der Waals surface area contributed by atoms with Crippen LogP contribution in [0, 0.1) is 16.2 Å². The molecular weight excluding hydrogens is 232 g/mol. The minimum absolute atomic E-state index is 0.0694. The van der Waals surface area contributed by atoms with Gasteiger partial charge in [0, 0.05) is 4.83 Å². The number of alkyl halides is 1. The number of carbonyl (C=O) groups is 1. The molecule has 13 heavy (non-hydrogen) atoms. The van der Waals surface area contributed by atoms with Crippen LogP contribution in [-0.4, -0.2) is 15.9 Å². The average molecular weight is 247 g/mol. The molecule has 3 rings (SSSR count). The summed E-state index contributed by atoms with van der Waals surface area (Å²) in [6.45, 7) is 6.37. The molecule has 2 nitrogen and oxygen atoms in total. The molecule has 3 fully saturated rings. The van der Waals surface area contributed by atoms with Gasteiger partial charge in [0.25, 0.3) is 0 Å². The van der Waals surface area contributed by atoms with Crippen LogP contribution in [0.1, 0.15) is 33.6 Å². The summed E-state index contributed by atoms with van der Waals surface area (Å²) in [6, 6.07) is 0. The molecule has 3 saturated carbocycles. The van der Waals surface area contributed by atoms with E-state index in [9.17, 15) is 9.90 Å². The van der Waals surface area contributed by atoms with Crippen molar-refractivity contribution in [3.05, 3.63) is 0 Å². The first-order chi connectivity index (χ1) is 5.81. The Morgan fingerprint density at radius 3 is 2.08 bits per heavy atom. The first-order valence-corrected chi connectivity index (χ1v) is 5.60. The SMILES string of the molecule is CC1(C)[C@@]2(C)CC[C@@]1(C(=O)O)[C@@H]2Br. The van der Waals surface area contributed by atoms with Crippen LogP contribution in [0.15, 0.2) is 0 Å². The molecule has 0 heterocycles. The van der Waals surface area contributed by atoms with Gasteiger partial charge < -0.3 is 5.11 Å². The van der Waals surface area contributed by atoms with Crippen molar-refractivity contribution >= 4 is 21.9 Å². The van der Waals surface area contributed by atoms with E-state index in [4.69, 9.17) is 0 Å². The van der Waals surface area contributed by atoms with E-state index in [-0.39, 0.29) is 15.7 Å². The topological polar surface area (TPSA) is 37.3 Å². The minimum Gasteiger partial charge on any atom is -0.481 e. The van der Waals surface area contributed by atoms with Gasteiger partial charge in [-0.25, -0.2) is 0 Å². The Labute approximate surface area is 86.8 Å². The van der Waals surface area contributed by atoms with Crippen LogP contribution in [0.3, 0.4) is 0 Å². The molecule has 0 aromatic carbocycles. The van der Waals surface area contributed by atoms with Gasteiger partial charge >= 0.3 is 5.97 Å². The van der Waals surface area contributed by atoms with Crippen LogP contribution in [0.25, 0.3) is 0 Å². The van der Waals surface area contributed by atoms with Crippen molar-refractivity contribution in [2.45, 2.75) is 38.4 Å². The van der Waals surface area contributed by atoms with Gasteiger partial charge in [-0.2, -0.15) is 0 Å². The van der Waals surface area contributed by atoms with Crippen LogP contribution in [0.4, 0.5) is 0 Å². The molecule has 0 amide bonds.